The molecule has 1 aromatic carbocycles. The molecule has 0 saturated heterocycles. The number of aryl methyl sites for hydroxylation is 1. The van der Waals surface area contributed by atoms with E-state index >= 15 is 0 Å². The molecule has 0 amide bonds. The molecule has 2 rings (SSSR count). The molecular formula is C11H10N2O3. The molecule has 82 valence electrons. The Labute approximate surface area is 91.1 Å². The summed E-state index contributed by atoms with van der Waals surface area (Å²) >= 11 is 0. The summed E-state index contributed by atoms with van der Waals surface area (Å²) in [6.07, 6.45) is 2.34. The third kappa shape index (κ3) is 1.93. The van der Waals surface area contributed by atoms with Crippen molar-refractivity contribution >= 4 is 22.6 Å². The number of H-pyrrole nitrogens is 1. The minimum atomic E-state index is -0.819. The number of aliphatic carboxylic acids is 1. The van der Waals surface area contributed by atoms with Crippen molar-refractivity contribution in [3.8, 4) is 0 Å². The molecule has 0 saturated carbocycles. The summed E-state index contributed by atoms with van der Waals surface area (Å²) in [6, 6.07) is 5.04. The van der Waals surface area contributed by atoms with Crippen LogP contribution < -0.4 is 0 Å². The van der Waals surface area contributed by atoms with Crippen LogP contribution >= 0.6 is 0 Å². The van der Waals surface area contributed by atoms with Crippen molar-refractivity contribution in [3.05, 3.63) is 34.9 Å². The van der Waals surface area contributed by atoms with Crippen LogP contribution in [0.2, 0.25) is 0 Å². The Morgan fingerprint density at radius 1 is 1.44 bits per heavy atom. The van der Waals surface area contributed by atoms with Gasteiger partial charge in [0.15, 0.2) is 0 Å². The van der Waals surface area contributed by atoms with E-state index in [-0.39, 0.29) is 6.42 Å². The first kappa shape index (κ1) is 10.4. The highest BCUT2D eigenvalue weighted by atomic mass is 16.4. The van der Waals surface area contributed by atoms with E-state index in [4.69, 9.17) is 5.11 Å². The zero-order chi connectivity index (χ0) is 11.5. The minimum absolute atomic E-state index is 0.0979. The van der Waals surface area contributed by atoms with Crippen LogP contribution in [0.15, 0.2) is 29.6 Å². The number of aromatic amines is 1. The van der Waals surface area contributed by atoms with Gasteiger partial charge in [0.1, 0.15) is 5.69 Å². The molecule has 0 spiro atoms. The van der Waals surface area contributed by atoms with Gasteiger partial charge in [-0.2, -0.15) is 0 Å². The second-order valence-electron chi connectivity index (χ2n) is 3.53. The Kier molecular flexibility index (Phi) is 2.68. The molecule has 0 radical (unpaired) electrons. The summed E-state index contributed by atoms with van der Waals surface area (Å²) in [6.45, 7) is 0. The molecule has 5 heteroatoms. The number of nitrogens with zero attached hydrogens (tertiary/aromatic N) is 1. The molecule has 0 aliphatic rings. The number of benzene rings is 1. The smallest absolute Gasteiger partial charge is 0.303 e. The van der Waals surface area contributed by atoms with Crippen molar-refractivity contribution in [2.75, 3.05) is 0 Å². The van der Waals surface area contributed by atoms with Gasteiger partial charge < -0.3 is 10.1 Å². The average Bonchev–Trinajstić information content (AvgIpc) is 2.68. The third-order valence-corrected chi connectivity index (χ3v) is 2.46. The van der Waals surface area contributed by atoms with Gasteiger partial charge in [0.2, 0.25) is 0 Å². The number of nitrogens with one attached hydrogen (secondary N) is 1. The topological polar surface area (TPSA) is 82.5 Å². The second-order valence-corrected chi connectivity index (χ2v) is 3.53. The lowest BCUT2D eigenvalue weighted by atomic mass is 10.1. The predicted molar refractivity (Wildman–Crippen MR) is 59.7 cm³/mol. The first-order chi connectivity index (χ1) is 7.70. The van der Waals surface area contributed by atoms with Crippen LogP contribution in [0.4, 0.5) is 5.69 Å². The summed E-state index contributed by atoms with van der Waals surface area (Å²) in [5.74, 6) is -0.819. The number of nitroso groups, excluding NO2 is 1. The Morgan fingerprint density at radius 2 is 2.25 bits per heavy atom. The van der Waals surface area contributed by atoms with E-state index in [1.165, 1.54) is 0 Å². The van der Waals surface area contributed by atoms with Crippen molar-refractivity contribution in [1.82, 2.24) is 4.98 Å². The molecule has 1 heterocycles. The van der Waals surface area contributed by atoms with Gasteiger partial charge in [0.25, 0.3) is 0 Å². The zero-order valence-electron chi connectivity index (χ0n) is 8.43. The van der Waals surface area contributed by atoms with Gasteiger partial charge in [-0.1, -0.05) is 6.07 Å². The van der Waals surface area contributed by atoms with Crippen molar-refractivity contribution in [1.29, 1.82) is 0 Å². The third-order valence-electron chi connectivity index (χ3n) is 2.46. The van der Waals surface area contributed by atoms with Crippen LogP contribution in [0.25, 0.3) is 10.9 Å². The average molecular weight is 218 g/mol. The number of aromatic nitrogens is 1. The highest BCUT2D eigenvalue weighted by Gasteiger charge is 2.06. The molecular weight excluding hydrogens is 208 g/mol. The van der Waals surface area contributed by atoms with Crippen molar-refractivity contribution in [2.45, 2.75) is 12.8 Å². The van der Waals surface area contributed by atoms with Crippen LogP contribution in [-0.4, -0.2) is 16.1 Å². The normalized spacial score (nSPS) is 10.5. The molecule has 1 aromatic heterocycles. The van der Waals surface area contributed by atoms with Crippen LogP contribution in [0.1, 0.15) is 12.0 Å². The summed E-state index contributed by atoms with van der Waals surface area (Å²) in [7, 11) is 0. The monoisotopic (exact) mass is 218 g/mol. The molecule has 0 bridgehead atoms. The molecule has 0 fully saturated rings. The fourth-order valence-electron chi connectivity index (χ4n) is 1.68. The van der Waals surface area contributed by atoms with E-state index in [0.717, 1.165) is 16.5 Å². The van der Waals surface area contributed by atoms with E-state index in [9.17, 15) is 9.70 Å². The van der Waals surface area contributed by atoms with Crippen LogP contribution in [-0.2, 0) is 11.2 Å². The number of rotatable bonds is 4. The van der Waals surface area contributed by atoms with Crippen LogP contribution in [0.5, 0.6) is 0 Å². The molecule has 0 aliphatic carbocycles. The van der Waals surface area contributed by atoms with Gasteiger partial charge in [-0.15, -0.1) is 4.91 Å². The fraction of sp³-hybridized carbons (Fsp3) is 0.182. The first-order valence-electron chi connectivity index (χ1n) is 4.86. The van der Waals surface area contributed by atoms with Gasteiger partial charge in [-0.25, -0.2) is 0 Å². The Bertz CT molecular complexity index is 545. The number of carboxylic acid groups (broad SMARTS) is 1. The number of hydrogen-bond donors (Lipinski definition) is 2. The lowest BCUT2D eigenvalue weighted by Crippen LogP contribution is -1.96. The largest absolute Gasteiger partial charge is 0.481 e. The maximum atomic E-state index is 10.5. The lowest BCUT2D eigenvalue weighted by Gasteiger charge is -1.96. The first-order valence-corrected chi connectivity index (χ1v) is 4.86. The molecule has 2 aromatic rings. The Balaban J connectivity index is 2.34. The summed E-state index contributed by atoms with van der Waals surface area (Å²) in [5.41, 5.74) is 2.10. The zero-order valence-corrected chi connectivity index (χ0v) is 8.43. The van der Waals surface area contributed by atoms with E-state index in [1.54, 1.807) is 24.4 Å². The Morgan fingerprint density at radius 3 is 2.94 bits per heavy atom. The molecule has 16 heavy (non-hydrogen) atoms. The highest BCUT2D eigenvalue weighted by molar-refractivity contribution is 5.86. The molecule has 5 nitrogen and oxygen atoms in total. The fourth-order valence-corrected chi connectivity index (χ4v) is 1.68. The SMILES string of the molecule is O=Nc1ccc2c(CCC(=O)O)c[nH]c2c1. The van der Waals surface area contributed by atoms with E-state index in [1.807, 2.05) is 0 Å². The van der Waals surface area contributed by atoms with E-state index in [2.05, 4.69) is 10.2 Å². The Hall–Kier alpha value is -2.17. The van der Waals surface area contributed by atoms with Crippen molar-refractivity contribution in [3.63, 3.8) is 0 Å². The van der Waals surface area contributed by atoms with Crippen LogP contribution in [0, 0.1) is 4.91 Å². The minimum Gasteiger partial charge on any atom is -0.481 e. The summed E-state index contributed by atoms with van der Waals surface area (Å²) in [4.78, 5) is 23.8. The maximum absolute atomic E-state index is 10.5. The van der Waals surface area contributed by atoms with Gasteiger partial charge in [-0.05, 0) is 29.3 Å². The van der Waals surface area contributed by atoms with Crippen LogP contribution in [0.3, 0.4) is 0 Å². The number of carbonyl (C=O) groups is 1. The highest BCUT2D eigenvalue weighted by Crippen LogP contribution is 2.24. The van der Waals surface area contributed by atoms with E-state index < -0.39 is 5.97 Å². The van der Waals surface area contributed by atoms with Gasteiger partial charge >= 0.3 is 5.97 Å². The maximum Gasteiger partial charge on any atom is 0.303 e. The molecule has 0 unspecified atom stereocenters. The second kappa shape index (κ2) is 4.14. The standard InChI is InChI=1S/C11H10N2O3/c14-11(15)4-1-7-6-12-10-5-8(13-16)2-3-9(7)10/h2-3,5-6,12H,1,4H2,(H,14,15). The molecule has 2 N–H and O–H groups in total. The summed E-state index contributed by atoms with van der Waals surface area (Å²) in [5, 5.41) is 12.4. The molecule has 0 aliphatic heterocycles. The van der Waals surface area contributed by atoms with Gasteiger partial charge in [0, 0.05) is 23.5 Å². The van der Waals surface area contributed by atoms with Crippen molar-refractivity contribution < 1.29 is 9.90 Å². The van der Waals surface area contributed by atoms with E-state index in [0.29, 0.717) is 12.1 Å². The number of carboxylic acids is 1. The number of hydrogen-bond acceptors (Lipinski definition) is 3. The summed E-state index contributed by atoms with van der Waals surface area (Å²) < 4.78 is 0. The van der Waals surface area contributed by atoms with Crippen molar-refractivity contribution in [2.24, 2.45) is 5.18 Å². The predicted octanol–water partition coefficient (Wildman–Crippen LogP) is 2.58. The van der Waals surface area contributed by atoms with Gasteiger partial charge in [-0.3, -0.25) is 4.79 Å². The number of fused-ring (bicyclic) bond motifs is 1. The molecule has 0 atom stereocenters. The quantitative estimate of drug-likeness (QED) is 0.773. The van der Waals surface area contributed by atoms with Gasteiger partial charge in [0.05, 0.1) is 0 Å². The lowest BCUT2D eigenvalue weighted by molar-refractivity contribution is -0.136.